The molecule has 36 heavy (non-hydrogen) atoms. The van der Waals surface area contributed by atoms with Crippen LogP contribution in [0.4, 0.5) is 0 Å². The van der Waals surface area contributed by atoms with E-state index in [1.165, 1.54) is 24.9 Å². The van der Waals surface area contributed by atoms with Crippen molar-refractivity contribution in [3.8, 4) is 23.1 Å². The third-order valence-electron chi connectivity index (χ3n) is 5.56. The summed E-state index contributed by atoms with van der Waals surface area (Å²) in [5.41, 5.74) is 1.44. The fraction of sp³-hybridized carbons (Fsp3) is 0.111. The number of fused-ring (bicyclic) bond motifs is 2. The summed E-state index contributed by atoms with van der Waals surface area (Å²) in [6, 6.07) is 21.3. The van der Waals surface area contributed by atoms with Gasteiger partial charge in [-0.1, -0.05) is 30.3 Å². The van der Waals surface area contributed by atoms with Crippen molar-refractivity contribution in [2.45, 2.75) is 13.0 Å². The van der Waals surface area contributed by atoms with Crippen molar-refractivity contribution in [2.75, 3.05) is 7.11 Å². The minimum absolute atomic E-state index is 0.258. The Labute approximate surface area is 204 Å². The fourth-order valence-corrected chi connectivity index (χ4v) is 3.71. The highest BCUT2D eigenvalue weighted by Gasteiger charge is 2.17. The van der Waals surface area contributed by atoms with Gasteiger partial charge in [0, 0.05) is 5.39 Å². The van der Waals surface area contributed by atoms with Gasteiger partial charge in [0.2, 0.25) is 5.82 Å². The first-order valence-corrected chi connectivity index (χ1v) is 11.1. The molecule has 0 radical (unpaired) electrons. The molecule has 0 saturated heterocycles. The number of aliphatic carboxylic acids is 1. The van der Waals surface area contributed by atoms with E-state index in [0.717, 1.165) is 5.39 Å². The number of hydrogen-bond donors (Lipinski definition) is 1. The summed E-state index contributed by atoms with van der Waals surface area (Å²) in [4.78, 5) is 29.2. The molecule has 9 heteroatoms. The number of carbonyl (C=O) groups is 1. The zero-order valence-corrected chi connectivity index (χ0v) is 19.4. The van der Waals surface area contributed by atoms with E-state index in [0.29, 0.717) is 33.6 Å². The molecule has 0 unspecified atom stereocenters. The molecule has 0 bridgehead atoms. The summed E-state index contributed by atoms with van der Waals surface area (Å²) in [5, 5.41) is 14.8. The van der Waals surface area contributed by atoms with Crippen molar-refractivity contribution in [3.63, 3.8) is 0 Å². The van der Waals surface area contributed by atoms with Gasteiger partial charge in [0.05, 0.1) is 24.2 Å². The van der Waals surface area contributed by atoms with Crippen LogP contribution >= 0.6 is 0 Å². The Morgan fingerprint density at radius 2 is 1.86 bits per heavy atom. The van der Waals surface area contributed by atoms with Gasteiger partial charge in [-0.15, -0.1) is 0 Å². The van der Waals surface area contributed by atoms with Gasteiger partial charge in [-0.05, 0) is 55.0 Å². The van der Waals surface area contributed by atoms with E-state index in [1.54, 1.807) is 36.4 Å². The van der Waals surface area contributed by atoms with Crippen LogP contribution in [0.15, 0.2) is 87.1 Å². The van der Waals surface area contributed by atoms with Gasteiger partial charge in [-0.2, -0.15) is 9.78 Å². The number of para-hydroxylation sites is 2. The Bertz CT molecular complexity index is 1650. The van der Waals surface area contributed by atoms with Crippen molar-refractivity contribution in [3.05, 3.63) is 88.7 Å². The molecule has 5 aromatic rings. The molecule has 0 saturated carbocycles. The average molecular weight is 483 g/mol. The number of carboxylic acids is 1. The topological polar surface area (TPSA) is 116 Å². The second-order valence-electron chi connectivity index (χ2n) is 7.97. The lowest BCUT2D eigenvalue weighted by atomic mass is 10.2. The standard InChI is InChI=1S/C27H21N3O6/c1-16(27(32)33)35-22-12-11-17(13-23(22)34-2)15-28-30-25(24-14-18-7-3-6-10-21(18)36-24)29-20-9-5-4-8-19(20)26(30)31/h3-16H,1-2H3,(H,32,33)/t16-/m0/s1. The van der Waals surface area contributed by atoms with Crippen LogP contribution in [0.3, 0.4) is 0 Å². The molecule has 3 aromatic carbocycles. The van der Waals surface area contributed by atoms with E-state index < -0.39 is 12.1 Å². The van der Waals surface area contributed by atoms with Crippen LogP contribution in [0.1, 0.15) is 12.5 Å². The number of methoxy groups -OCH3 is 1. The molecule has 0 aliphatic heterocycles. The molecule has 9 nitrogen and oxygen atoms in total. The fourth-order valence-electron chi connectivity index (χ4n) is 3.71. The van der Waals surface area contributed by atoms with Gasteiger partial charge in [-0.25, -0.2) is 9.78 Å². The van der Waals surface area contributed by atoms with Crippen molar-refractivity contribution in [2.24, 2.45) is 5.10 Å². The molecule has 0 aliphatic carbocycles. The summed E-state index contributed by atoms with van der Waals surface area (Å²) in [6.45, 7) is 1.43. The lowest BCUT2D eigenvalue weighted by Crippen LogP contribution is -2.23. The smallest absolute Gasteiger partial charge is 0.344 e. The summed E-state index contributed by atoms with van der Waals surface area (Å²) in [5.74, 6) is 0.170. The number of furan rings is 1. The highest BCUT2D eigenvalue weighted by molar-refractivity contribution is 5.85. The minimum Gasteiger partial charge on any atom is -0.493 e. The van der Waals surface area contributed by atoms with Crippen LogP contribution in [0.25, 0.3) is 33.5 Å². The van der Waals surface area contributed by atoms with Gasteiger partial charge in [-0.3, -0.25) is 4.79 Å². The lowest BCUT2D eigenvalue weighted by Gasteiger charge is -2.14. The Morgan fingerprint density at radius 3 is 2.64 bits per heavy atom. The van der Waals surface area contributed by atoms with Gasteiger partial charge in [0.1, 0.15) is 5.58 Å². The van der Waals surface area contributed by atoms with E-state index in [-0.39, 0.29) is 17.1 Å². The SMILES string of the molecule is COc1cc(C=Nn2c(-c3cc4ccccc4o3)nc3ccccc3c2=O)ccc1O[C@@H](C)C(=O)O. The molecule has 2 aromatic heterocycles. The first kappa shape index (κ1) is 22.9. The van der Waals surface area contributed by atoms with Crippen LogP contribution in [0, 0.1) is 0 Å². The number of benzene rings is 3. The molecule has 2 heterocycles. The highest BCUT2D eigenvalue weighted by atomic mass is 16.5. The van der Waals surface area contributed by atoms with E-state index in [2.05, 4.69) is 10.1 Å². The molecule has 0 aliphatic rings. The lowest BCUT2D eigenvalue weighted by molar-refractivity contribution is -0.144. The average Bonchev–Trinajstić information content (AvgIpc) is 3.33. The van der Waals surface area contributed by atoms with E-state index in [1.807, 2.05) is 36.4 Å². The van der Waals surface area contributed by atoms with Gasteiger partial charge < -0.3 is 19.0 Å². The van der Waals surface area contributed by atoms with Crippen LogP contribution in [-0.4, -0.2) is 40.2 Å². The molecule has 180 valence electrons. The molecule has 1 N–H and O–H groups in total. The monoisotopic (exact) mass is 483 g/mol. The highest BCUT2D eigenvalue weighted by Crippen LogP contribution is 2.29. The third-order valence-corrected chi connectivity index (χ3v) is 5.56. The second-order valence-corrected chi connectivity index (χ2v) is 7.97. The minimum atomic E-state index is -1.09. The third kappa shape index (κ3) is 4.29. The maximum atomic E-state index is 13.4. The number of rotatable bonds is 7. The first-order valence-electron chi connectivity index (χ1n) is 11.1. The van der Waals surface area contributed by atoms with E-state index >= 15 is 0 Å². The molecule has 0 spiro atoms. The molecule has 1 atom stereocenters. The quantitative estimate of drug-likeness (QED) is 0.338. The Kier molecular flexibility index (Phi) is 5.95. The van der Waals surface area contributed by atoms with Crippen molar-refractivity contribution in [1.29, 1.82) is 0 Å². The maximum Gasteiger partial charge on any atom is 0.344 e. The van der Waals surface area contributed by atoms with Gasteiger partial charge in [0.25, 0.3) is 5.56 Å². The molecule has 5 rings (SSSR count). The van der Waals surface area contributed by atoms with Crippen LogP contribution in [0.2, 0.25) is 0 Å². The van der Waals surface area contributed by atoms with E-state index in [4.69, 9.17) is 19.0 Å². The van der Waals surface area contributed by atoms with Crippen LogP contribution in [0.5, 0.6) is 11.5 Å². The predicted molar refractivity (Wildman–Crippen MR) is 135 cm³/mol. The molecular weight excluding hydrogens is 462 g/mol. The molecule has 0 amide bonds. The van der Waals surface area contributed by atoms with Gasteiger partial charge in [0.15, 0.2) is 23.4 Å². The number of nitrogens with zero attached hydrogens (tertiary/aromatic N) is 3. The van der Waals surface area contributed by atoms with Crippen molar-refractivity contribution in [1.82, 2.24) is 9.66 Å². The van der Waals surface area contributed by atoms with Crippen LogP contribution < -0.4 is 15.0 Å². The summed E-state index contributed by atoms with van der Waals surface area (Å²) >= 11 is 0. The number of carboxylic acid groups (broad SMARTS) is 1. The summed E-state index contributed by atoms with van der Waals surface area (Å²) < 4.78 is 18.0. The van der Waals surface area contributed by atoms with Crippen molar-refractivity contribution >= 4 is 34.1 Å². The number of hydrogen-bond acceptors (Lipinski definition) is 7. The van der Waals surface area contributed by atoms with Crippen LogP contribution in [-0.2, 0) is 4.79 Å². The largest absolute Gasteiger partial charge is 0.493 e. The summed E-state index contributed by atoms with van der Waals surface area (Å²) in [7, 11) is 1.45. The molecule has 0 fully saturated rings. The zero-order chi connectivity index (χ0) is 25.2. The Morgan fingerprint density at radius 1 is 1.08 bits per heavy atom. The van der Waals surface area contributed by atoms with Crippen molar-refractivity contribution < 1.29 is 23.8 Å². The zero-order valence-electron chi connectivity index (χ0n) is 19.4. The Hall–Kier alpha value is -4.92. The molecular formula is C27H21N3O6. The number of aromatic nitrogens is 2. The number of ether oxygens (including phenoxy) is 2. The normalized spacial score (nSPS) is 12.3. The van der Waals surface area contributed by atoms with E-state index in [9.17, 15) is 9.59 Å². The predicted octanol–water partition coefficient (Wildman–Crippen LogP) is 4.55. The summed E-state index contributed by atoms with van der Waals surface area (Å²) in [6.07, 6.45) is 0.434. The second kappa shape index (κ2) is 9.38. The first-order chi connectivity index (χ1) is 17.4. The Balaban J connectivity index is 1.60. The van der Waals surface area contributed by atoms with Gasteiger partial charge >= 0.3 is 5.97 Å². The maximum absolute atomic E-state index is 13.4.